The number of phenols is 2. The van der Waals surface area contributed by atoms with Crippen LogP contribution in [0.4, 0.5) is 0 Å². The van der Waals surface area contributed by atoms with Gasteiger partial charge in [-0.3, -0.25) is 0 Å². The smallest absolute Gasteiger partial charge is 0.160 e. The van der Waals surface area contributed by atoms with Gasteiger partial charge >= 0.3 is 0 Å². The number of aliphatic hydroxyl groups excluding tert-OH is 2. The number of aromatic hydroxyl groups is 2. The van der Waals surface area contributed by atoms with Crippen molar-refractivity contribution in [1.29, 1.82) is 0 Å². The molecule has 0 heterocycles. The zero-order valence-corrected chi connectivity index (χ0v) is 14.8. The van der Waals surface area contributed by atoms with Crippen molar-refractivity contribution in [2.75, 3.05) is 27.4 Å². The van der Waals surface area contributed by atoms with Crippen molar-refractivity contribution in [3.05, 3.63) is 47.0 Å². The number of hydrogen-bond donors (Lipinski definition) is 4. The average Bonchev–Trinajstić information content (AvgIpc) is 2.66. The van der Waals surface area contributed by atoms with Gasteiger partial charge in [0.2, 0.25) is 0 Å². The Balaban J connectivity index is 2.19. The molecule has 0 aromatic heterocycles. The molecule has 26 heavy (non-hydrogen) atoms. The molecule has 0 radical (unpaired) electrons. The fourth-order valence-electron chi connectivity index (χ4n) is 3.96. The molecule has 6 heteroatoms. The van der Waals surface area contributed by atoms with Crippen LogP contribution in [0.3, 0.4) is 0 Å². The molecule has 0 saturated carbocycles. The summed E-state index contributed by atoms with van der Waals surface area (Å²) in [6.07, 6.45) is 0.583. The van der Waals surface area contributed by atoms with Gasteiger partial charge in [-0.1, -0.05) is 6.07 Å². The van der Waals surface area contributed by atoms with Crippen LogP contribution in [0.25, 0.3) is 0 Å². The maximum Gasteiger partial charge on any atom is 0.160 e. The minimum absolute atomic E-state index is 0.0288. The van der Waals surface area contributed by atoms with E-state index in [4.69, 9.17) is 9.47 Å². The quantitative estimate of drug-likeness (QED) is 0.651. The van der Waals surface area contributed by atoms with Crippen LogP contribution in [0.15, 0.2) is 30.3 Å². The zero-order valence-electron chi connectivity index (χ0n) is 14.8. The Kier molecular flexibility index (Phi) is 5.25. The summed E-state index contributed by atoms with van der Waals surface area (Å²) in [7, 11) is 2.97. The van der Waals surface area contributed by atoms with Crippen LogP contribution in [-0.4, -0.2) is 47.9 Å². The van der Waals surface area contributed by atoms with E-state index in [1.54, 1.807) is 30.3 Å². The van der Waals surface area contributed by atoms with E-state index in [9.17, 15) is 20.4 Å². The molecule has 1 aliphatic rings. The molecule has 0 fully saturated rings. The summed E-state index contributed by atoms with van der Waals surface area (Å²) >= 11 is 0. The minimum atomic E-state index is -0.257. The highest BCUT2D eigenvalue weighted by Crippen LogP contribution is 2.47. The fourth-order valence-corrected chi connectivity index (χ4v) is 3.96. The summed E-state index contributed by atoms with van der Waals surface area (Å²) in [4.78, 5) is 0. The van der Waals surface area contributed by atoms with Crippen LogP contribution >= 0.6 is 0 Å². The van der Waals surface area contributed by atoms with Crippen molar-refractivity contribution in [3.8, 4) is 23.0 Å². The summed E-state index contributed by atoms with van der Waals surface area (Å²) in [5.74, 6) is 0.160. The van der Waals surface area contributed by atoms with Crippen LogP contribution < -0.4 is 9.47 Å². The average molecular weight is 360 g/mol. The van der Waals surface area contributed by atoms with Gasteiger partial charge in [-0.15, -0.1) is 0 Å². The number of hydrogen-bond acceptors (Lipinski definition) is 6. The molecular formula is C20H24O6. The lowest BCUT2D eigenvalue weighted by molar-refractivity contribution is 0.101. The first kappa shape index (κ1) is 18.4. The summed E-state index contributed by atoms with van der Waals surface area (Å²) < 4.78 is 10.4. The third kappa shape index (κ3) is 3.06. The molecule has 2 aromatic carbocycles. The largest absolute Gasteiger partial charge is 0.504 e. The molecule has 2 unspecified atom stereocenters. The highest BCUT2D eigenvalue weighted by atomic mass is 16.5. The van der Waals surface area contributed by atoms with Crippen LogP contribution in [0, 0.1) is 11.8 Å². The van der Waals surface area contributed by atoms with E-state index < -0.39 is 0 Å². The van der Waals surface area contributed by atoms with Crippen molar-refractivity contribution in [2.24, 2.45) is 11.8 Å². The van der Waals surface area contributed by atoms with E-state index in [1.807, 2.05) is 0 Å². The second kappa shape index (κ2) is 7.43. The van der Waals surface area contributed by atoms with Crippen LogP contribution in [0.2, 0.25) is 0 Å². The molecule has 3 atom stereocenters. The Morgan fingerprint density at radius 1 is 0.923 bits per heavy atom. The Labute approximate surface area is 152 Å². The standard InChI is InChI=1S/C20H24O6/c1-25-18-6-11(3-4-16(18)23)20-14-8-17(24)19(26-2)7-12(14)5-13(9-21)15(20)10-22/h3-4,6-8,13,15,20-24H,5,9-10H2,1-2H3/t13?,15?,20-/m0/s1. The third-order valence-corrected chi connectivity index (χ3v) is 5.30. The van der Waals surface area contributed by atoms with Crippen molar-refractivity contribution < 1.29 is 29.9 Å². The molecule has 0 amide bonds. The summed E-state index contributed by atoms with van der Waals surface area (Å²) in [5, 5.41) is 40.0. The lowest BCUT2D eigenvalue weighted by Gasteiger charge is -2.38. The number of methoxy groups -OCH3 is 2. The summed E-state index contributed by atoms with van der Waals surface area (Å²) in [6, 6.07) is 8.50. The van der Waals surface area contributed by atoms with Gasteiger partial charge in [-0.25, -0.2) is 0 Å². The summed E-state index contributed by atoms with van der Waals surface area (Å²) in [5.41, 5.74) is 2.67. The van der Waals surface area contributed by atoms with E-state index in [0.29, 0.717) is 17.9 Å². The normalized spacial score (nSPS) is 21.9. The Morgan fingerprint density at radius 3 is 2.23 bits per heavy atom. The second-order valence-electron chi connectivity index (χ2n) is 6.63. The maximum atomic E-state index is 10.3. The number of benzene rings is 2. The Hall–Kier alpha value is -2.44. The van der Waals surface area contributed by atoms with Crippen LogP contribution in [0.5, 0.6) is 23.0 Å². The highest BCUT2D eigenvalue weighted by molar-refractivity contribution is 5.53. The molecule has 0 bridgehead atoms. The molecule has 0 saturated heterocycles. The highest BCUT2D eigenvalue weighted by Gasteiger charge is 2.38. The van der Waals surface area contributed by atoms with E-state index >= 15 is 0 Å². The lowest BCUT2D eigenvalue weighted by atomic mass is 9.67. The van der Waals surface area contributed by atoms with Gasteiger partial charge in [0, 0.05) is 19.1 Å². The molecular weight excluding hydrogens is 336 g/mol. The minimum Gasteiger partial charge on any atom is -0.504 e. The number of rotatable bonds is 5. The monoisotopic (exact) mass is 360 g/mol. The van der Waals surface area contributed by atoms with Gasteiger partial charge in [0.1, 0.15) is 0 Å². The van der Waals surface area contributed by atoms with Crippen molar-refractivity contribution in [2.45, 2.75) is 12.3 Å². The maximum absolute atomic E-state index is 10.3. The number of fused-ring (bicyclic) bond motifs is 1. The second-order valence-corrected chi connectivity index (χ2v) is 6.63. The first-order chi connectivity index (χ1) is 12.5. The van der Waals surface area contributed by atoms with Gasteiger partial charge in [0.25, 0.3) is 0 Å². The first-order valence-electron chi connectivity index (χ1n) is 8.52. The number of phenolic OH excluding ortho intramolecular Hbond substituents is 2. The molecule has 0 spiro atoms. The van der Waals surface area contributed by atoms with Crippen molar-refractivity contribution in [3.63, 3.8) is 0 Å². The number of ether oxygens (including phenoxy) is 2. The molecule has 6 nitrogen and oxygen atoms in total. The molecule has 4 N–H and O–H groups in total. The van der Waals surface area contributed by atoms with Gasteiger partial charge in [0.05, 0.1) is 14.2 Å². The van der Waals surface area contributed by atoms with E-state index in [-0.39, 0.29) is 42.5 Å². The molecule has 0 aliphatic heterocycles. The zero-order chi connectivity index (χ0) is 18.8. The van der Waals surface area contributed by atoms with E-state index in [1.165, 1.54) is 14.2 Å². The first-order valence-corrected chi connectivity index (χ1v) is 8.52. The third-order valence-electron chi connectivity index (χ3n) is 5.30. The number of aliphatic hydroxyl groups is 2. The fraction of sp³-hybridized carbons (Fsp3) is 0.400. The summed E-state index contributed by atoms with van der Waals surface area (Å²) in [6.45, 7) is -0.162. The lowest BCUT2D eigenvalue weighted by Crippen LogP contribution is -2.35. The Morgan fingerprint density at radius 2 is 1.62 bits per heavy atom. The molecule has 140 valence electrons. The SMILES string of the molecule is COc1cc([C@H]2c3cc(O)c(OC)cc3CC(CO)C2CO)ccc1O. The van der Waals surface area contributed by atoms with Crippen molar-refractivity contribution in [1.82, 2.24) is 0 Å². The topological polar surface area (TPSA) is 99.4 Å². The van der Waals surface area contributed by atoms with Gasteiger partial charge in [0.15, 0.2) is 23.0 Å². The van der Waals surface area contributed by atoms with Gasteiger partial charge in [-0.2, -0.15) is 0 Å². The molecule has 3 rings (SSSR count). The van der Waals surface area contributed by atoms with Gasteiger partial charge < -0.3 is 29.9 Å². The van der Waals surface area contributed by atoms with Crippen LogP contribution in [-0.2, 0) is 6.42 Å². The van der Waals surface area contributed by atoms with Crippen molar-refractivity contribution >= 4 is 0 Å². The Bertz CT molecular complexity index is 788. The predicted octanol–water partition coefficient (Wildman–Crippen LogP) is 2.02. The van der Waals surface area contributed by atoms with E-state index in [0.717, 1.165) is 16.7 Å². The predicted molar refractivity (Wildman–Crippen MR) is 96.0 cm³/mol. The van der Waals surface area contributed by atoms with Gasteiger partial charge in [-0.05, 0) is 59.2 Å². The molecule has 2 aromatic rings. The van der Waals surface area contributed by atoms with Crippen LogP contribution in [0.1, 0.15) is 22.6 Å². The molecule has 1 aliphatic carbocycles. The van der Waals surface area contributed by atoms with E-state index in [2.05, 4.69) is 0 Å².